The summed E-state index contributed by atoms with van der Waals surface area (Å²) in [5, 5.41) is 9.88. The van der Waals surface area contributed by atoms with Gasteiger partial charge in [0.2, 0.25) is 0 Å². The zero-order valence-electron chi connectivity index (χ0n) is 7.39. The van der Waals surface area contributed by atoms with Crippen molar-refractivity contribution in [3.63, 3.8) is 0 Å². The number of aromatic nitrogens is 1. The first-order valence-corrected chi connectivity index (χ1v) is 6.48. The van der Waals surface area contributed by atoms with Crippen molar-refractivity contribution in [1.29, 1.82) is 0 Å². The molecule has 0 aliphatic rings. The standard InChI is InChI=1S/C10H6Br3NO/c11-5-1-7(10(15)8(13)2-5)9-3-6(12)4-14-9/h1-4,14-15H. The number of benzene rings is 1. The predicted octanol–water partition coefficient (Wildman–Crippen LogP) is 4.67. The van der Waals surface area contributed by atoms with Gasteiger partial charge in [-0.3, -0.25) is 0 Å². The van der Waals surface area contributed by atoms with Crippen molar-refractivity contribution in [3.05, 3.63) is 37.8 Å². The number of nitrogens with one attached hydrogen (secondary N) is 1. The highest BCUT2D eigenvalue weighted by atomic mass is 79.9. The molecule has 15 heavy (non-hydrogen) atoms. The fourth-order valence-corrected chi connectivity index (χ4v) is 2.86. The number of hydrogen-bond acceptors (Lipinski definition) is 1. The van der Waals surface area contributed by atoms with E-state index in [1.807, 2.05) is 18.3 Å². The number of phenolic OH excluding ortho intramolecular Hbond substituents is 1. The van der Waals surface area contributed by atoms with Crippen molar-refractivity contribution in [1.82, 2.24) is 4.98 Å². The summed E-state index contributed by atoms with van der Waals surface area (Å²) in [5.41, 5.74) is 1.61. The predicted molar refractivity (Wildman–Crippen MR) is 71.0 cm³/mol. The SMILES string of the molecule is Oc1c(Br)cc(Br)cc1-c1cc(Br)c[nH]1. The highest BCUT2D eigenvalue weighted by Crippen LogP contribution is 2.38. The molecule has 2 aromatic rings. The summed E-state index contributed by atoms with van der Waals surface area (Å²) in [4.78, 5) is 3.07. The first kappa shape index (κ1) is 11.2. The van der Waals surface area contributed by atoms with Gasteiger partial charge < -0.3 is 10.1 Å². The monoisotopic (exact) mass is 393 g/mol. The van der Waals surface area contributed by atoms with Crippen molar-refractivity contribution >= 4 is 47.8 Å². The van der Waals surface area contributed by atoms with E-state index in [2.05, 4.69) is 52.8 Å². The largest absolute Gasteiger partial charge is 0.506 e. The van der Waals surface area contributed by atoms with Crippen molar-refractivity contribution in [2.24, 2.45) is 0 Å². The lowest BCUT2D eigenvalue weighted by atomic mass is 10.1. The Morgan fingerprint density at radius 3 is 2.33 bits per heavy atom. The van der Waals surface area contributed by atoms with Crippen LogP contribution in [-0.2, 0) is 0 Å². The molecule has 1 aromatic carbocycles. The molecular formula is C10H6Br3NO. The van der Waals surface area contributed by atoms with Gasteiger partial charge in [0.05, 0.1) is 10.2 Å². The molecule has 0 unspecified atom stereocenters. The van der Waals surface area contributed by atoms with Crippen LogP contribution in [0.4, 0.5) is 0 Å². The molecule has 0 aliphatic carbocycles. The molecule has 5 heteroatoms. The van der Waals surface area contributed by atoms with E-state index < -0.39 is 0 Å². The molecule has 0 fully saturated rings. The van der Waals surface area contributed by atoms with Crippen LogP contribution in [0, 0.1) is 0 Å². The van der Waals surface area contributed by atoms with Gasteiger partial charge in [-0.05, 0) is 50.1 Å². The Bertz CT molecular complexity index is 507. The molecule has 0 spiro atoms. The first-order valence-electron chi connectivity index (χ1n) is 4.10. The Hall–Kier alpha value is -0.260. The minimum atomic E-state index is 0.229. The Kier molecular flexibility index (Phi) is 3.23. The molecule has 0 aliphatic heterocycles. The van der Waals surface area contributed by atoms with E-state index in [1.165, 1.54) is 0 Å². The maximum Gasteiger partial charge on any atom is 0.139 e. The fraction of sp³-hybridized carbons (Fsp3) is 0. The summed E-state index contributed by atoms with van der Waals surface area (Å²) in [7, 11) is 0. The maximum absolute atomic E-state index is 9.88. The second-order valence-electron chi connectivity index (χ2n) is 3.02. The Labute approximate surface area is 112 Å². The summed E-state index contributed by atoms with van der Waals surface area (Å²) < 4.78 is 2.53. The molecule has 2 N–H and O–H groups in total. The van der Waals surface area contributed by atoms with Crippen LogP contribution in [0.1, 0.15) is 0 Å². The minimum Gasteiger partial charge on any atom is -0.506 e. The maximum atomic E-state index is 9.88. The Balaban J connectivity index is 2.62. The van der Waals surface area contributed by atoms with Crippen LogP contribution in [-0.4, -0.2) is 10.1 Å². The normalized spacial score (nSPS) is 10.6. The van der Waals surface area contributed by atoms with Crippen LogP contribution in [0.2, 0.25) is 0 Å². The van der Waals surface area contributed by atoms with Gasteiger partial charge in [-0.1, -0.05) is 15.9 Å². The zero-order valence-corrected chi connectivity index (χ0v) is 12.1. The van der Waals surface area contributed by atoms with Gasteiger partial charge in [0.25, 0.3) is 0 Å². The van der Waals surface area contributed by atoms with Gasteiger partial charge in [0, 0.05) is 20.7 Å². The fourth-order valence-electron chi connectivity index (χ4n) is 1.29. The molecular weight excluding hydrogens is 390 g/mol. The van der Waals surface area contributed by atoms with E-state index in [4.69, 9.17) is 0 Å². The number of aromatic hydroxyl groups is 1. The topological polar surface area (TPSA) is 36.0 Å². The molecule has 0 bridgehead atoms. The summed E-state index contributed by atoms with van der Waals surface area (Å²) in [6.45, 7) is 0. The number of H-pyrrole nitrogens is 1. The molecule has 2 rings (SSSR count). The molecule has 78 valence electrons. The van der Waals surface area contributed by atoms with Gasteiger partial charge in [-0.25, -0.2) is 0 Å². The summed E-state index contributed by atoms with van der Waals surface area (Å²) in [6, 6.07) is 5.57. The lowest BCUT2D eigenvalue weighted by Crippen LogP contribution is -1.80. The van der Waals surface area contributed by atoms with Crippen molar-refractivity contribution in [2.45, 2.75) is 0 Å². The van der Waals surface area contributed by atoms with E-state index in [1.54, 1.807) is 6.07 Å². The third kappa shape index (κ3) is 2.29. The lowest BCUT2D eigenvalue weighted by molar-refractivity contribution is 0.473. The Morgan fingerprint density at radius 2 is 1.73 bits per heavy atom. The quantitative estimate of drug-likeness (QED) is 0.723. The second kappa shape index (κ2) is 4.31. The van der Waals surface area contributed by atoms with E-state index in [-0.39, 0.29) is 5.75 Å². The molecule has 0 radical (unpaired) electrons. The van der Waals surface area contributed by atoms with Gasteiger partial charge in [0.1, 0.15) is 5.75 Å². The third-order valence-corrected chi connectivity index (χ3v) is 3.49. The number of rotatable bonds is 1. The molecule has 0 amide bonds. The van der Waals surface area contributed by atoms with Crippen LogP contribution < -0.4 is 0 Å². The first-order chi connectivity index (χ1) is 7.08. The molecule has 1 heterocycles. The van der Waals surface area contributed by atoms with E-state index in [0.717, 1.165) is 20.2 Å². The van der Waals surface area contributed by atoms with Crippen LogP contribution in [0.25, 0.3) is 11.3 Å². The highest BCUT2D eigenvalue weighted by Gasteiger charge is 2.10. The average molecular weight is 396 g/mol. The van der Waals surface area contributed by atoms with Crippen LogP contribution in [0.5, 0.6) is 5.75 Å². The van der Waals surface area contributed by atoms with Crippen molar-refractivity contribution < 1.29 is 5.11 Å². The smallest absolute Gasteiger partial charge is 0.139 e. The Morgan fingerprint density at radius 1 is 1.00 bits per heavy atom. The average Bonchev–Trinajstić information content (AvgIpc) is 2.58. The second-order valence-corrected chi connectivity index (χ2v) is 5.70. The molecule has 2 nitrogen and oxygen atoms in total. The number of phenols is 1. The van der Waals surface area contributed by atoms with E-state index in [9.17, 15) is 5.11 Å². The molecule has 0 atom stereocenters. The molecule has 0 saturated carbocycles. The van der Waals surface area contributed by atoms with Crippen molar-refractivity contribution in [2.75, 3.05) is 0 Å². The van der Waals surface area contributed by atoms with Crippen molar-refractivity contribution in [3.8, 4) is 17.0 Å². The highest BCUT2D eigenvalue weighted by molar-refractivity contribution is 9.11. The van der Waals surface area contributed by atoms with Gasteiger partial charge in [-0.2, -0.15) is 0 Å². The van der Waals surface area contributed by atoms with Crippen LogP contribution in [0.3, 0.4) is 0 Å². The molecule has 1 aromatic heterocycles. The minimum absolute atomic E-state index is 0.229. The van der Waals surface area contributed by atoms with Gasteiger partial charge in [0.15, 0.2) is 0 Å². The molecule has 0 saturated heterocycles. The summed E-state index contributed by atoms with van der Waals surface area (Å²) in [6.07, 6.45) is 1.82. The summed E-state index contributed by atoms with van der Waals surface area (Å²) in [5.74, 6) is 0.229. The third-order valence-electron chi connectivity index (χ3n) is 1.97. The lowest BCUT2D eigenvalue weighted by Gasteiger charge is -2.05. The number of hydrogen-bond donors (Lipinski definition) is 2. The van der Waals surface area contributed by atoms with E-state index in [0.29, 0.717) is 4.47 Å². The number of halogens is 3. The van der Waals surface area contributed by atoms with Gasteiger partial charge in [-0.15, -0.1) is 0 Å². The summed E-state index contributed by atoms with van der Waals surface area (Å²) >= 11 is 10.0. The van der Waals surface area contributed by atoms with Crippen LogP contribution >= 0.6 is 47.8 Å². The van der Waals surface area contributed by atoms with Crippen LogP contribution in [0.15, 0.2) is 37.8 Å². The van der Waals surface area contributed by atoms with Gasteiger partial charge >= 0.3 is 0 Å². The zero-order chi connectivity index (χ0) is 11.0. The van der Waals surface area contributed by atoms with E-state index >= 15 is 0 Å². The number of aromatic amines is 1.